The standard InChI is InChI=1S/C15H15BrFNO/c1-10-6-7-13(17)11(8-10)15(9-19)18-14-5-3-2-4-12(14)16/h2-8,15,18-19H,9H2,1H3. The van der Waals surface area contributed by atoms with Crippen molar-refractivity contribution < 1.29 is 9.50 Å². The van der Waals surface area contributed by atoms with E-state index in [4.69, 9.17) is 0 Å². The minimum atomic E-state index is -0.474. The topological polar surface area (TPSA) is 32.3 Å². The second-order valence-electron chi connectivity index (χ2n) is 4.38. The average molecular weight is 324 g/mol. The first-order valence-electron chi connectivity index (χ1n) is 6.00. The number of rotatable bonds is 4. The smallest absolute Gasteiger partial charge is 0.128 e. The normalized spacial score (nSPS) is 12.2. The maximum Gasteiger partial charge on any atom is 0.128 e. The molecule has 0 amide bonds. The van der Waals surface area contributed by atoms with Crippen LogP contribution in [0.3, 0.4) is 0 Å². The van der Waals surface area contributed by atoms with E-state index in [2.05, 4.69) is 21.2 Å². The lowest BCUT2D eigenvalue weighted by Crippen LogP contribution is -2.16. The summed E-state index contributed by atoms with van der Waals surface area (Å²) in [7, 11) is 0. The minimum absolute atomic E-state index is 0.179. The van der Waals surface area contributed by atoms with Crippen molar-refractivity contribution in [1.29, 1.82) is 0 Å². The molecule has 0 bridgehead atoms. The predicted octanol–water partition coefficient (Wildman–Crippen LogP) is 4.04. The van der Waals surface area contributed by atoms with E-state index in [0.29, 0.717) is 5.56 Å². The second-order valence-corrected chi connectivity index (χ2v) is 5.24. The summed E-state index contributed by atoms with van der Waals surface area (Å²) < 4.78 is 14.7. The molecule has 2 aromatic carbocycles. The molecule has 4 heteroatoms. The van der Waals surface area contributed by atoms with Crippen molar-refractivity contribution in [2.75, 3.05) is 11.9 Å². The molecule has 2 rings (SSSR count). The highest BCUT2D eigenvalue weighted by atomic mass is 79.9. The van der Waals surface area contributed by atoms with Crippen molar-refractivity contribution in [3.63, 3.8) is 0 Å². The monoisotopic (exact) mass is 323 g/mol. The van der Waals surface area contributed by atoms with Gasteiger partial charge in [0, 0.05) is 15.7 Å². The van der Waals surface area contributed by atoms with Gasteiger partial charge >= 0.3 is 0 Å². The molecule has 2 nitrogen and oxygen atoms in total. The molecule has 2 N–H and O–H groups in total. The van der Waals surface area contributed by atoms with Crippen molar-refractivity contribution in [3.05, 3.63) is 63.9 Å². The van der Waals surface area contributed by atoms with Crippen LogP contribution in [0, 0.1) is 12.7 Å². The summed E-state index contributed by atoms with van der Waals surface area (Å²) in [6.45, 7) is 1.72. The van der Waals surface area contributed by atoms with Crippen LogP contribution >= 0.6 is 15.9 Å². The quantitative estimate of drug-likeness (QED) is 0.889. The molecule has 100 valence electrons. The first-order valence-corrected chi connectivity index (χ1v) is 6.79. The molecule has 2 aromatic rings. The van der Waals surface area contributed by atoms with Gasteiger partial charge in [-0.2, -0.15) is 0 Å². The van der Waals surface area contributed by atoms with Crippen LogP contribution < -0.4 is 5.32 Å². The molecule has 1 unspecified atom stereocenters. The van der Waals surface area contributed by atoms with Gasteiger partial charge in [-0.3, -0.25) is 0 Å². The average Bonchev–Trinajstić information content (AvgIpc) is 2.41. The van der Waals surface area contributed by atoms with Gasteiger partial charge in [0.15, 0.2) is 0 Å². The third kappa shape index (κ3) is 3.33. The van der Waals surface area contributed by atoms with E-state index in [9.17, 15) is 9.50 Å². The summed E-state index contributed by atoms with van der Waals surface area (Å²) in [5.74, 6) is -0.316. The van der Waals surface area contributed by atoms with Crippen LogP contribution in [-0.4, -0.2) is 11.7 Å². The first-order chi connectivity index (χ1) is 9.11. The SMILES string of the molecule is Cc1ccc(F)c(C(CO)Nc2ccccc2Br)c1. The Kier molecular flexibility index (Phi) is 4.56. The maximum atomic E-state index is 13.8. The molecular formula is C15H15BrFNO. The second kappa shape index (κ2) is 6.17. The number of para-hydroxylation sites is 1. The summed E-state index contributed by atoms with van der Waals surface area (Å²) in [6.07, 6.45) is 0. The zero-order valence-electron chi connectivity index (χ0n) is 10.5. The number of hydrogen-bond acceptors (Lipinski definition) is 2. The fourth-order valence-electron chi connectivity index (χ4n) is 1.92. The number of anilines is 1. The molecule has 0 spiro atoms. The Labute approximate surface area is 120 Å². The lowest BCUT2D eigenvalue weighted by Gasteiger charge is -2.20. The summed E-state index contributed by atoms with van der Waals surface area (Å²) in [5, 5.41) is 12.6. The van der Waals surface area contributed by atoms with Crippen molar-refractivity contribution in [3.8, 4) is 0 Å². The molecule has 0 heterocycles. The van der Waals surface area contributed by atoms with E-state index in [1.807, 2.05) is 31.2 Å². The molecule has 0 radical (unpaired) electrons. The van der Waals surface area contributed by atoms with Crippen LogP contribution in [0.25, 0.3) is 0 Å². The van der Waals surface area contributed by atoms with Gasteiger partial charge in [0.05, 0.1) is 12.6 Å². The highest BCUT2D eigenvalue weighted by Gasteiger charge is 2.15. The van der Waals surface area contributed by atoms with Crippen molar-refractivity contribution in [2.45, 2.75) is 13.0 Å². The summed E-state index contributed by atoms with van der Waals surface area (Å²) in [6, 6.07) is 12.0. The molecule has 0 fully saturated rings. The number of aliphatic hydroxyl groups is 1. The van der Waals surface area contributed by atoms with Crippen LogP contribution in [0.15, 0.2) is 46.9 Å². The summed E-state index contributed by atoms with van der Waals surface area (Å²) >= 11 is 3.42. The number of aliphatic hydroxyl groups excluding tert-OH is 1. The summed E-state index contributed by atoms with van der Waals surface area (Å²) in [4.78, 5) is 0. The largest absolute Gasteiger partial charge is 0.394 e. The van der Waals surface area contributed by atoms with E-state index in [1.54, 1.807) is 12.1 Å². The van der Waals surface area contributed by atoms with E-state index in [1.165, 1.54) is 6.07 Å². The predicted molar refractivity (Wildman–Crippen MR) is 78.7 cm³/mol. The zero-order chi connectivity index (χ0) is 13.8. The van der Waals surface area contributed by atoms with Crippen LogP contribution in [0.4, 0.5) is 10.1 Å². The summed E-state index contributed by atoms with van der Waals surface area (Å²) in [5.41, 5.74) is 2.25. The lowest BCUT2D eigenvalue weighted by atomic mass is 10.0. The fraction of sp³-hybridized carbons (Fsp3) is 0.200. The van der Waals surface area contributed by atoms with Crippen LogP contribution in [0.1, 0.15) is 17.2 Å². The van der Waals surface area contributed by atoms with Crippen LogP contribution in [0.5, 0.6) is 0 Å². The molecule has 0 aromatic heterocycles. The van der Waals surface area contributed by atoms with E-state index in [-0.39, 0.29) is 12.4 Å². The Hall–Kier alpha value is -1.39. The van der Waals surface area contributed by atoms with Gasteiger partial charge in [-0.1, -0.05) is 29.8 Å². The Morgan fingerprint density at radius 3 is 2.68 bits per heavy atom. The van der Waals surface area contributed by atoms with Gasteiger partial charge in [-0.25, -0.2) is 4.39 Å². The minimum Gasteiger partial charge on any atom is -0.394 e. The highest BCUT2D eigenvalue weighted by Crippen LogP contribution is 2.27. The van der Waals surface area contributed by atoms with Crippen molar-refractivity contribution in [2.24, 2.45) is 0 Å². The third-order valence-corrected chi connectivity index (χ3v) is 3.60. The number of benzene rings is 2. The molecule has 19 heavy (non-hydrogen) atoms. The molecule has 0 aliphatic heterocycles. The van der Waals surface area contributed by atoms with Crippen LogP contribution in [0.2, 0.25) is 0 Å². The Morgan fingerprint density at radius 1 is 1.26 bits per heavy atom. The number of nitrogens with one attached hydrogen (secondary N) is 1. The van der Waals surface area contributed by atoms with Gasteiger partial charge in [0.1, 0.15) is 5.82 Å². The van der Waals surface area contributed by atoms with Gasteiger partial charge in [-0.05, 0) is 41.1 Å². The maximum absolute atomic E-state index is 13.8. The van der Waals surface area contributed by atoms with Crippen LogP contribution in [-0.2, 0) is 0 Å². The number of aryl methyl sites for hydroxylation is 1. The fourth-order valence-corrected chi connectivity index (χ4v) is 2.32. The zero-order valence-corrected chi connectivity index (χ0v) is 12.1. The van der Waals surface area contributed by atoms with E-state index >= 15 is 0 Å². The lowest BCUT2D eigenvalue weighted by molar-refractivity contribution is 0.274. The van der Waals surface area contributed by atoms with Crippen molar-refractivity contribution in [1.82, 2.24) is 0 Å². The Bertz CT molecular complexity index is 574. The van der Waals surface area contributed by atoms with Gasteiger partial charge < -0.3 is 10.4 Å². The molecular weight excluding hydrogens is 309 g/mol. The van der Waals surface area contributed by atoms with E-state index < -0.39 is 6.04 Å². The molecule has 1 atom stereocenters. The Morgan fingerprint density at radius 2 is 2.00 bits per heavy atom. The molecule has 0 saturated carbocycles. The van der Waals surface area contributed by atoms with Gasteiger partial charge in [0.25, 0.3) is 0 Å². The first kappa shape index (κ1) is 14.0. The molecule has 0 aliphatic carbocycles. The third-order valence-electron chi connectivity index (χ3n) is 2.91. The number of hydrogen-bond donors (Lipinski definition) is 2. The van der Waals surface area contributed by atoms with Gasteiger partial charge in [0.2, 0.25) is 0 Å². The molecule has 0 saturated heterocycles. The number of halogens is 2. The Balaban J connectivity index is 2.30. The van der Waals surface area contributed by atoms with Gasteiger partial charge in [-0.15, -0.1) is 0 Å². The van der Waals surface area contributed by atoms with E-state index in [0.717, 1.165) is 15.7 Å². The van der Waals surface area contributed by atoms with Crippen molar-refractivity contribution >= 4 is 21.6 Å². The highest BCUT2D eigenvalue weighted by molar-refractivity contribution is 9.10. The molecule has 0 aliphatic rings.